The Balaban J connectivity index is 2.29. The molecule has 4 atom stereocenters. The van der Waals surface area contributed by atoms with Crippen molar-refractivity contribution in [2.24, 2.45) is 0 Å². The average molecular weight is 631 g/mol. The first-order valence-corrected chi connectivity index (χ1v) is 24.3. The van der Waals surface area contributed by atoms with Crippen molar-refractivity contribution < 1.29 is 22.8 Å². The monoisotopic (exact) mass is 630 g/mol. The molecule has 1 aliphatic heterocycles. The number of carbonyl (C=O) groups excluding carboxylic acids is 1. The molecule has 236 valence electrons. The highest BCUT2D eigenvalue weighted by atomic mass is 28.4. The maximum absolute atomic E-state index is 13.1. The fraction of sp³-hybridized carbons (Fsp3) is 0.676. The molecule has 8 heteroatoms. The Morgan fingerprint density at radius 1 is 0.762 bits per heavy atom. The lowest BCUT2D eigenvalue weighted by molar-refractivity contribution is -0.0787. The quantitative estimate of drug-likeness (QED) is 0.281. The van der Waals surface area contributed by atoms with Crippen molar-refractivity contribution in [1.82, 2.24) is 0 Å². The number of ketones is 1. The minimum Gasteiger partial charge on any atom is -0.489 e. The summed E-state index contributed by atoms with van der Waals surface area (Å²) in [6, 6.07) is 7.80. The molecule has 0 saturated carbocycles. The normalized spacial score (nSPS) is 26.0. The van der Waals surface area contributed by atoms with Crippen LogP contribution >= 0.6 is 0 Å². The number of hydrogen-bond donors (Lipinski definition) is 0. The van der Waals surface area contributed by atoms with Crippen LogP contribution in [0.15, 0.2) is 48.3 Å². The van der Waals surface area contributed by atoms with Gasteiger partial charge in [0.1, 0.15) is 18.0 Å². The molecule has 0 saturated heterocycles. The minimum atomic E-state index is -2.38. The lowest BCUT2D eigenvalue weighted by atomic mass is 9.81. The van der Waals surface area contributed by atoms with Gasteiger partial charge in [-0.2, -0.15) is 0 Å². The smallest absolute Gasteiger partial charge is 0.194 e. The molecule has 1 aromatic rings. The highest BCUT2D eigenvalue weighted by Crippen LogP contribution is 2.50. The van der Waals surface area contributed by atoms with Gasteiger partial charge in [0.25, 0.3) is 0 Å². The maximum atomic E-state index is 13.1. The van der Waals surface area contributed by atoms with Crippen molar-refractivity contribution in [3.63, 3.8) is 0 Å². The number of fused-ring (bicyclic) bond motifs is 1. The number of ether oxygens (including phenoxy) is 1. The third kappa shape index (κ3) is 6.69. The van der Waals surface area contributed by atoms with Crippen LogP contribution in [0.25, 0.3) is 0 Å². The lowest BCUT2D eigenvalue weighted by Gasteiger charge is -2.51. The van der Waals surface area contributed by atoms with Crippen LogP contribution < -0.4 is 0 Å². The van der Waals surface area contributed by atoms with Gasteiger partial charge < -0.3 is 18.0 Å². The summed E-state index contributed by atoms with van der Waals surface area (Å²) in [6.45, 7) is 36.1. The molecule has 1 aliphatic carbocycles. The molecule has 1 unspecified atom stereocenters. The second-order valence-electron chi connectivity index (χ2n) is 16.9. The zero-order chi connectivity index (χ0) is 32.3. The zero-order valence-corrected chi connectivity index (χ0v) is 32.3. The van der Waals surface area contributed by atoms with E-state index in [1.54, 1.807) is 6.08 Å². The van der Waals surface area contributed by atoms with Crippen LogP contribution in [0.4, 0.5) is 0 Å². The van der Waals surface area contributed by atoms with Crippen LogP contribution in [0.2, 0.25) is 54.4 Å². The second-order valence-corrected chi connectivity index (χ2v) is 31.1. The molecule has 0 N–H and O–H groups in total. The maximum Gasteiger partial charge on any atom is 0.194 e. The van der Waals surface area contributed by atoms with E-state index in [4.69, 9.17) is 18.0 Å². The molecule has 3 rings (SSSR count). The largest absolute Gasteiger partial charge is 0.489 e. The van der Waals surface area contributed by atoms with Crippen LogP contribution in [0.3, 0.4) is 0 Å². The van der Waals surface area contributed by atoms with Gasteiger partial charge in [-0.1, -0.05) is 86.6 Å². The number of allylic oxidation sites excluding steroid dienone is 1. The molecule has 2 aliphatic rings. The van der Waals surface area contributed by atoms with Crippen molar-refractivity contribution >= 4 is 30.7 Å². The van der Waals surface area contributed by atoms with E-state index >= 15 is 0 Å². The molecule has 0 radical (unpaired) electrons. The van der Waals surface area contributed by atoms with E-state index in [0.29, 0.717) is 11.3 Å². The second kappa shape index (κ2) is 11.3. The number of hydrogen-bond acceptors (Lipinski definition) is 5. The molecule has 0 aromatic heterocycles. The molecule has 0 spiro atoms. The molecule has 0 bridgehead atoms. The molecular formula is C34H58O5Si3. The first-order chi connectivity index (χ1) is 18.8. The standard InChI is InChI=1S/C34H58O5Si3/c1-24-30(38-41(13,14)32(5,6)7)28(37-40(11,12)31(2,3)4)23-29(36-24)34(39-42(15,16)33(8,9)10)22-21-27(35)25-19-17-18-20-26(25)34/h17-24,28,30H,1-16H3/t24-,28-,30-,34?/m0/s1. The first kappa shape index (κ1) is 35.2. The van der Waals surface area contributed by atoms with E-state index in [9.17, 15) is 4.79 Å². The Kier molecular flexibility index (Phi) is 9.42. The van der Waals surface area contributed by atoms with E-state index in [2.05, 4.69) is 115 Å². The zero-order valence-electron chi connectivity index (χ0n) is 29.3. The van der Waals surface area contributed by atoms with Gasteiger partial charge >= 0.3 is 0 Å². The highest BCUT2D eigenvalue weighted by Gasteiger charge is 2.54. The van der Waals surface area contributed by atoms with Gasteiger partial charge in [0.2, 0.25) is 0 Å². The summed E-state index contributed by atoms with van der Waals surface area (Å²) < 4.78 is 28.6. The third-order valence-corrected chi connectivity index (χ3v) is 23.9. The van der Waals surface area contributed by atoms with Crippen LogP contribution in [0, 0.1) is 0 Å². The minimum absolute atomic E-state index is 0.0160. The number of carbonyl (C=O) groups is 1. The summed E-state index contributed by atoms with van der Waals surface area (Å²) in [5, 5.41) is -0.00440. The third-order valence-electron chi connectivity index (χ3n) is 10.5. The van der Waals surface area contributed by atoms with Crippen molar-refractivity contribution in [3.8, 4) is 0 Å². The van der Waals surface area contributed by atoms with Crippen molar-refractivity contribution in [1.29, 1.82) is 0 Å². The van der Waals surface area contributed by atoms with Gasteiger partial charge in [0.15, 0.2) is 36.3 Å². The predicted octanol–water partition coefficient (Wildman–Crippen LogP) is 9.74. The number of benzene rings is 1. The Labute approximate surface area is 259 Å². The molecule has 42 heavy (non-hydrogen) atoms. The highest BCUT2D eigenvalue weighted by molar-refractivity contribution is 6.75. The summed E-state index contributed by atoms with van der Waals surface area (Å²) in [4.78, 5) is 13.1. The Bertz CT molecular complexity index is 1230. The predicted molar refractivity (Wildman–Crippen MR) is 183 cm³/mol. The first-order valence-electron chi connectivity index (χ1n) is 15.5. The summed E-state index contributed by atoms with van der Waals surface area (Å²) in [7, 11) is -6.76. The lowest BCUT2D eigenvalue weighted by Crippen LogP contribution is -2.58. The summed E-state index contributed by atoms with van der Waals surface area (Å²) in [5.41, 5.74) is 0.437. The molecule has 1 aromatic carbocycles. The van der Waals surface area contributed by atoms with Gasteiger partial charge in [-0.15, -0.1) is 0 Å². The summed E-state index contributed by atoms with van der Waals surface area (Å²) in [5.74, 6) is 0.674. The molecular weight excluding hydrogens is 573 g/mol. The topological polar surface area (TPSA) is 54.0 Å². The SMILES string of the molecule is C[C@@H]1OC(C2(O[Si](C)(C)C(C)(C)C)C=CC(=O)c3ccccc32)=C[C@H](O[Si](C)(C)C(C)(C)C)[C@H]1O[Si](C)(C)C(C)(C)C. The van der Waals surface area contributed by atoms with Crippen LogP contribution in [0.5, 0.6) is 0 Å². The Morgan fingerprint density at radius 3 is 1.79 bits per heavy atom. The van der Waals surface area contributed by atoms with Crippen molar-refractivity contribution in [2.45, 2.75) is 148 Å². The van der Waals surface area contributed by atoms with E-state index in [-0.39, 0.29) is 39.2 Å². The van der Waals surface area contributed by atoms with Crippen molar-refractivity contribution in [3.05, 3.63) is 59.4 Å². The van der Waals surface area contributed by atoms with E-state index in [1.165, 1.54) is 0 Å². The summed E-state index contributed by atoms with van der Waals surface area (Å²) in [6.07, 6.45) is 4.84. The fourth-order valence-corrected chi connectivity index (χ4v) is 8.62. The molecule has 0 amide bonds. The van der Waals surface area contributed by atoms with Gasteiger partial charge in [-0.3, -0.25) is 4.79 Å². The average Bonchev–Trinajstić information content (AvgIpc) is 2.80. The van der Waals surface area contributed by atoms with Gasteiger partial charge in [-0.05, 0) is 79.5 Å². The summed E-state index contributed by atoms with van der Waals surface area (Å²) >= 11 is 0. The van der Waals surface area contributed by atoms with Gasteiger partial charge in [0.05, 0.1) is 6.10 Å². The van der Waals surface area contributed by atoms with Gasteiger partial charge in [0, 0.05) is 11.1 Å². The molecule has 1 heterocycles. The molecule has 0 fully saturated rings. The van der Waals surface area contributed by atoms with Gasteiger partial charge in [-0.25, -0.2) is 0 Å². The van der Waals surface area contributed by atoms with Crippen LogP contribution in [-0.4, -0.2) is 49.0 Å². The number of rotatable bonds is 7. The van der Waals surface area contributed by atoms with Crippen LogP contribution in [-0.2, 0) is 23.6 Å². The van der Waals surface area contributed by atoms with Crippen LogP contribution in [0.1, 0.15) is 85.2 Å². The van der Waals surface area contributed by atoms with E-state index < -0.39 is 30.6 Å². The Hall–Kier alpha value is -1.30. The Morgan fingerprint density at radius 2 is 1.26 bits per heavy atom. The fourth-order valence-electron chi connectivity index (χ4n) is 4.63. The molecule has 5 nitrogen and oxygen atoms in total. The van der Waals surface area contributed by atoms with Crippen molar-refractivity contribution in [2.75, 3.05) is 0 Å². The van der Waals surface area contributed by atoms with E-state index in [0.717, 1.165) is 5.56 Å². The van der Waals surface area contributed by atoms with E-state index in [1.807, 2.05) is 30.3 Å².